The fourth-order valence-electron chi connectivity index (χ4n) is 6.75. The summed E-state index contributed by atoms with van der Waals surface area (Å²) in [5.41, 5.74) is -1.08. The van der Waals surface area contributed by atoms with Crippen molar-refractivity contribution in [3.8, 4) is 17.6 Å². The zero-order valence-electron chi connectivity index (χ0n) is 33.4. The van der Waals surface area contributed by atoms with Crippen LogP contribution in [0.15, 0.2) is 94.6 Å². The molecule has 1 aromatic heterocycles. The molecule has 276 valence electrons. The van der Waals surface area contributed by atoms with Crippen LogP contribution < -0.4 is 20.7 Å². The van der Waals surface area contributed by atoms with E-state index in [1.54, 1.807) is 14.2 Å². The summed E-state index contributed by atoms with van der Waals surface area (Å²) in [6, 6.07) is 27.5. The van der Waals surface area contributed by atoms with Gasteiger partial charge in [-0.15, -0.1) is 0 Å². The van der Waals surface area contributed by atoms with Crippen molar-refractivity contribution in [1.82, 2.24) is 14.2 Å². The van der Waals surface area contributed by atoms with Crippen molar-refractivity contribution in [3.63, 3.8) is 0 Å². The Morgan fingerprint density at radius 3 is 2.06 bits per heavy atom. The molecule has 1 fully saturated rings. The zero-order chi connectivity index (χ0) is 39.9. The lowest BCUT2D eigenvalue weighted by Gasteiger charge is -2.40. The van der Waals surface area contributed by atoms with Crippen LogP contribution in [-0.4, -0.2) is 65.5 Å². The Labute approximate surface area is 311 Å². The number of nitrogens with zero attached hydrogens (tertiary/aromatic N) is 3. The van der Waals surface area contributed by atoms with E-state index in [-0.39, 0.29) is 31.5 Å². The number of nitrogens with one attached hydrogen (secondary N) is 1. The van der Waals surface area contributed by atoms with Gasteiger partial charge in [0.05, 0.1) is 33.0 Å². The number of rotatable bonds is 16. The third-order valence-electron chi connectivity index (χ3n) is 9.08. The van der Waals surface area contributed by atoms with Gasteiger partial charge in [-0.2, -0.15) is 5.26 Å². The van der Waals surface area contributed by atoms with E-state index >= 15 is 0 Å². The summed E-state index contributed by atoms with van der Waals surface area (Å²) in [5, 5.41) is 9.60. The first-order valence-corrected chi connectivity index (χ1v) is 18.7. The van der Waals surface area contributed by atoms with Crippen LogP contribution in [0.1, 0.15) is 73.1 Å². The number of methoxy groups -OCH3 is 2. The second-order valence-electron chi connectivity index (χ2n) is 13.1. The maximum absolute atomic E-state index is 13.3. The maximum atomic E-state index is 13.3. The Hall–Kier alpha value is -4.30. The Kier molecular flexibility index (Phi) is 11.7. The van der Waals surface area contributed by atoms with Gasteiger partial charge in [-0.25, -0.2) is 4.79 Å². The van der Waals surface area contributed by atoms with Crippen LogP contribution in [0.4, 0.5) is 0 Å². The molecular formula is C40H49N4O7P. The summed E-state index contributed by atoms with van der Waals surface area (Å²) >= 11 is 0. The standard InChI is InChI=1S/C40H49N4O7P/c1-27(2)44(28(3)4)52(23-11-22-41)51-35-24-37(43-25-29(5)38(45)42-39(43)46)50-36(35)26-49-40(30-12-9-8-10-13-30,31-14-18-33(47-6)19-15-31)32-16-20-34(48-7)21-17-32/h8-10,12-21,25,27-28,35-37H,11,23-24,26H2,1-7H3,(H,42,45,46)/t35-,36+,37+,52?/m0/s1/i5T3. The lowest BCUT2D eigenvalue weighted by atomic mass is 9.80. The van der Waals surface area contributed by atoms with Crippen molar-refractivity contribution >= 4 is 8.30 Å². The number of aryl methyl sites for hydroxylation is 1. The lowest BCUT2D eigenvalue weighted by Crippen LogP contribution is -2.39. The third kappa shape index (κ3) is 8.49. The molecular weight excluding hydrogens is 679 g/mol. The molecule has 0 aliphatic carbocycles. The maximum Gasteiger partial charge on any atom is 0.330 e. The Morgan fingerprint density at radius 1 is 0.962 bits per heavy atom. The number of benzene rings is 3. The van der Waals surface area contributed by atoms with Gasteiger partial charge in [-0.05, 0) is 75.5 Å². The van der Waals surface area contributed by atoms with Gasteiger partial charge in [0.25, 0.3) is 5.56 Å². The quantitative estimate of drug-likeness (QED) is 0.0967. The lowest BCUT2D eigenvalue weighted by molar-refractivity contribution is -0.0914. The van der Waals surface area contributed by atoms with Gasteiger partial charge in [0, 0.05) is 47.0 Å². The summed E-state index contributed by atoms with van der Waals surface area (Å²) in [7, 11) is 1.87. The molecule has 1 aliphatic heterocycles. The summed E-state index contributed by atoms with van der Waals surface area (Å²) in [4.78, 5) is 28.0. The van der Waals surface area contributed by atoms with Crippen LogP contribution in [0.25, 0.3) is 0 Å². The number of aromatic nitrogens is 2. The summed E-state index contributed by atoms with van der Waals surface area (Å²) in [5.74, 6) is 1.34. The second kappa shape index (κ2) is 17.5. The minimum Gasteiger partial charge on any atom is -0.497 e. The van der Waals surface area contributed by atoms with Gasteiger partial charge < -0.3 is 23.5 Å². The van der Waals surface area contributed by atoms with E-state index in [1.807, 2.05) is 78.9 Å². The van der Waals surface area contributed by atoms with E-state index in [0.717, 1.165) is 27.5 Å². The molecule has 4 aromatic rings. The SMILES string of the molecule is [3H]C([3H])([3H])c1cn([C@H]2C[C@H](OP(CCC#N)N(C(C)C)C(C)C)[C@@H](COC(c3ccccc3)(c3ccc(OC)cc3)c3ccc(OC)cc3)O2)c(=O)[nH]c1=O. The van der Waals surface area contributed by atoms with Gasteiger partial charge in [0.1, 0.15) is 37.7 Å². The smallest absolute Gasteiger partial charge is 0.330 e. The molecule has 1 N–H and O–H groups in total. The van der Waals surface area contributed by atoms with Gasteiger partial charge in [0.2, 0.25) is 0 Å². The molecule has 0 spiro atoms. The molecule has 0 amide bonds. The van der Waals surface area contributed by atoms with Crippen LogP contribution >= 0.6 is 8.30 Å². The highest BCUT2D eigenvalue weighted by Crippen LogP contribution is 2.50. The zero-order valence-corrected chi connectivity index (χ0v) is 31.3. The van der Waals surface area contributed by atoms with Crippen LogP contribution in [0.2, 0.25) is 0 Å². The van der Waals surface area contributed by atoms with Gasteiger partial charge in [-0.3, -0.25) is 19.0 Å². The number of nitriles is 1. The highest BCUT2D eigenvalue weighted by atomic mass is 31.2. The van der Waals surface area contributed by atoms with Crippen molar-refractivity contribution in [1.29, 1.82) is 5.26 Å². The molecule has 2 heterocycles. The average molecular weight is 735 g/mol. The van der Waals surface area contributed by atoms with Crippen LogP contribution in [0.5, 0.6) is 11.5 Å². The molecule has 1 saturated heterocycles. The molecule has 1 unspecified atom stereocenters. The predicted molar refractivity (Wildman–Crippen MR) is 202 cm³/mol. The minimum atomic E-state index is -2.77. The van der Waals surface area contributed by atoms with Crippen LogP contribution in [0.3, 0.4) is 0 Å². The van der Waals surface area contributed by atoms with Gasteiger partial charge in [-0.1, -0.05) is 54.6 Å². The van der Waals surface area contributed by atoms with Crippen LogP contribution in [-0.2, 0) is 19.6 Å². The molecule has 52 heavy (non-hydrogen) atoms. The van der Waals surface area contributed by atoms with E-state index < -0.39 is 56.0 Å². The molecule has 4 atom stereocenters. The van der Waals surface area contributed by atoms with Gasteiger partial charge in [0.15, 0.2) is 0 Å². The first kappa shape index (κ1) is 34.8. The topological polar surface area (TPSA) is 128 Å². The third-order valence-corrected chi connectivity index (χ3v) is 11.6. The number of aromatic amines is 1. The van der Waals surface area contributed by atoms with E-state index in [4.69, 9.17) is 27.6 Å². The minimum absolute atomic E-state index is 0.0386. The number of hydrogen-bond donors (Lipinski definition) is 1. The molecule has 0 bridgehead atoms. The molecule has 5 rings (SSSR count). The number of hydrogen-bond acceptors (Lipinski definition) is 9. The summed E-state index contributed by atoms with van der Waals surface area (Å²) < 4.78 is 58.9. The van der Waals surface area contributed by atoms with Gasteiger partial charge >= 0.3 is 5.69 Å². The van der Waals surface area contributed by atoms with E-state index in [1.165, 1.54) is 0 Å². The van der Waals surface area contributed by atoms with Crippen molar-refractivity contribution in [2.24, 2.45) is 0 Å². The van der Waals surface area contributed by atoms with Crippen molar-refractivity contribution in [2.45, 2.75) is 83.5 Å². The van der Waals surface area contributed by atoms with Crippen molar-refractivity contribution < 1.29 is 27.6 Å². The normalized spacial score (nSPS) is 19.2. The first-order valence-electron chi connectivity index (χ1n) is 18.8. The fourth-order valence-corrected chi connectivity index (χ4v) is 9.05. The van der Waals surface area contributed by atoms with E-state index in [2.05, 4.69) is 43.4 Å². The Bertz CT molecular complexity index is 1960. The molecule has 11 nitrogen and oxygen atoms in total. The monoisotopic (exact) mass is 734 g/mol. The molecule has 1 aliphatic rings. The fraction of sp³-hybridized carbons (Fsp3) is 0.425. The van der Waals surface area contributed by atoms with Crippen molar-refractivity contribution in [3.05, 3.63) is 128 Å². The Morgan fingerprint density at radius 2 is 1.54 bits per heavy atom. The number of H-pyrrole nitrogens is 1. The molecule has 0 saturated carbocycles. The summed E-state index contributed by atoms with van der Waals surface area (Å²) in [6.07, 6.45) is -0.513. The van der Waals surface area contributed by atoms with Crippen LogP contribution in [0, 0.1) is 18.2 Å². The Balaban J connectivity index is 1.63. The predicted octanol–water partition coefficient (Wildman–Crippen LogP) is 6.89. The van der Waals surface area contributed by atoms with E-state index in [0.29, 0.717) is 17.7 Å². The molecule has 0 radical (unpaired) electrons. The first-order chi connectivity index (χ1) is 26.2. The largest absolute Gasteiger partial charge is 0.497 e. The van der Waals surface area contributed by atoms with E-state index in [9.17, 15) is 14.9 Å². The molecule has 3 aromatic carbocycles. The summed E-state index contributed by atoms with van der Waals surface area (Å²) in [6.45, 7) is 5.50. The highest BCUT2D eigenvalue weighted by molar-refractivity contribution is 7.50. The number of ether oxygens (including phenoxy) is 4. The molecule has 12 heteroatoms. The van der Waals surface area contributed by atoms with Crippen molar-refractivity contribution in [2.75, 3.05) is 27.0 Å². The highest BCUT2D eigenvalue weighted by Gasteiger charge is 2.44. The second-order valence-corrected chi connectivity index (χ2v) is 14.9. The average Bonchev–Trinajstić information content (AvgIpc) is 3.56.